The lowest BCUT2D eigenvalue weighted by atomic mass is 10.3. The number of benzene rings is 1. The SMILES string of the molecule is NN(O[N+](=O)[O-])c1c(Cl)c(Cl)cc(Cl)c1Cl. The van der Waals surface area contributed by atoms with E-state index in [9.17, 15) is 10.1 Å². The van der Waals surface area contributed by atoms with Gasteiger partial charge in [-0.05, 0) is 6.07 Å². The first-order valence-electron chi connectivity index (χ1n) is 3.55. The van der Waals surface area contributed by atoms with Gasteiger partial charge in [0.2, 0.25) is 0 Å². The van der Waals surface area contributed by atoms with E-state index in [1.165, 1.54) is 6.07 Å². The minimum absolute atomic E-state index is 0.0356. The molecule has 2 N–H and O–H groups in total. The van der Waals surface area contributed by atoms with Gasteiger partial charge in [-0.15, -0.1) is 15.3 Å². The van der Waals surface area contributed by atoms with Gasteiger partial charge < -0.3 is 0 Å². The maximum Gasteiger partial charge on any atom is 0.318 e. The van der Waals surface area contributed by atoms with Crippen LogP contribution in [-0.2, 0) is 4.94 Å². The summed E-state index contributed by atoms with van der Waals surface area (Å²) in [4.78, 5) is 14.0. The molecule has 1 aromatic rings. The normalized spacial score (nSPS) is 10.1. The Hall–Kier alpha value is -0.660. The molecule has 0 fully saturated rings. The number of nitrogens with two attached hydrogens (primary N) is 1. The third-order valence-corrected chi connectivity index (χ3v) is 3.02. The molecule has 0 spiro atoms. The van der Waals surface area contributed by atoms with E-state index in [2.05, 4.69) is 4.94 Å². The Labute approximate surface area is 109 Å². The molecule has 0 saturated carbocycles. The third kappa shape index (κ3) is 2.72. The summed E-state index contributed by atoms with van der Waals surface area (Å²) < 4.78 is 0. The number of nitrogens with zero attached hydrogens (tertiary/aromatic N) is 2. The summed E-state index contributed by atoms with van der Waals surface area (Å²) in [6.45, 7) is 0. The molecule has 0 heterocycles. The first kappa shape index (κ1) is 13.4. The van der Waals surface area contributed by atoms with Crippen molar-refractivity contribution in [3.63, 3.8) is 0 Å². The van der Waals surface area contributed by atoms with Gasteiger partial charge in [-0.3, -0.25) is 0 Å². The van der Waals surface area contributed by atoms with Gasteiger partial charge in [-0.1, -0.05) is 46.4 Å². The number of rotatable bonds is 3. The largest absolute Gasteiger partial charge is 0.318 e. The van der Waals surface area contributed by atoms with Crippen molar-refractivity contribution in [2.45, 2.75) is 0 Å². The van der Waals surface area contributed by atoms with E-state index in [1.54, 1.807) is 0 Å². The van der Waals surface area contributed by atoms with Crippen LogP contribution in [0, 0.1) is 10.1 Å². The molecule has 0 atom stereocenters. The van der Waals surface area contributed by atoms with Crippen LogP contribution >= 0.6 is 46.4 Å². The van der Waals surface area contributed by atoms with Crippen molar-refractivity contribution >= 4 is 52.1 Å². The standard InChI is InChI=1S/C6H3Cl4N3O3/c7-2-1-3(8)5(10)6(4(2)9)12(11)16-13(14)15/h1H,11H2. The molecule has 0 aliphatic heterocycles. The van der Waals surface area contributed by atoms with E-state index >= 15 is 0 Å². The predicted molar refractivity (Wildman–Crippen MR) is 61.2 cm³/mol. The Bertz CT molecular complexity index is 415. The van der Waals surface area contributed by atoms with Crippen molar-refractivity contribution in [2.75, 3.05) is 5.17 Å². The van der Waals surface area contributed by atoms with E-state index in [0.29, 0.717) is 0 Å². The van der Waals surface area contributed by atoms with Gasteiger partial charge in [0.05, 0.1) is 20.1 Å². The molecular weight excluding hydrogens is 304 g/mol. The molecule has 1 aromatic carbocycles. The highest BCUT2D eigenvalue weighted by Gasteiger charge is 2.20. The summed E-state index contributed by atoms with van der Waals surface area (Å²) in [7, 11) is 0. The predicted octanol–water partition coefficient (Wildman–Crippen LogP) is 3.10. The smallest absolute Gasteiger partial charge is 0.223 e. The van der Waals surface area contributed by atoms with Crippen molar-refractivity contribution < 1.29 is 10.0 Å². The highest BCUT2D eigenvalue weighted by Crippen LogP contribution is 2.42. The van der Waals surface area contributed by atoms with E-state index in [-0.39, 0.29) is 31.0 Å². The molecule has 0 radical (unpaired) electrons. The molecule has 10 heteroatoms. The zero-order chi connectivity index (χ0) is 12.5. The van der Waals surface area contributed by atoms with Gasteiger partial charge in [0.15, 0.2) is 0 Å². The highest BCUT2D eigenvalue weighted by molar-refractivity contribution is 6.50. The fourth-order valence-corrected chi connectivity index (χ4v) is 1.83. The first-order valence-corrected chi connectivity index (χ1v) is 5.06. The fraction of sp³-hybridized carbons (Fsp3) is 0. The van der Waals surface area contributed by atoms with Crippen molar-refractivity contribution in [3.8, 4) is 0 Å². The molecule has 0 saturated heterocycles. The molecule has 0 aromatic heterocycles. The quantitative estimate of drug-likeness (QED) is 0.401. The number of hydrazine groups is 1. The van der Waals surface area contributed by atoms with Crippen LogP contribution in [0.2, 0.25) is 20.1 Å². The second-order valence-electron chi connectivity index (χ2n) is 2.45. The van der Waals surface area contributed by atoms with E-state index in [4.69, 9.17) is 52.2 Å². The van der Waals surface area contributed by atoms with Crippen LogP contribution in [0.1, 0.15) is 0 Å². The summed E-state index contributed by atoms with van der Waals surface area (Å²) in [5, 5.41) is 9.06. The topological polar surface area (TPSA) is 81.6 Å². The number of hydrogen-bond acceptors (Lipinski definition) is 5. The highest BCUT2D eigenvalue weighted by atomic mass is 35.5. The van der Waals surface area contributed by atoms with Gasteiger partial charge in [0.1, 0.15) is 5.69 Å². The molecule has 0 unspecified atom stereocenters. The molecular formula is C6H3Cl4N3O3. The average Bonchev–Trinajstić information content (AvgIpc) is 2.14. The molecule has 0 aliphatic rings. The Kier molecular flexibility index (Phi) is 4.28. The maximum atomic E-state index is 10.1. The lowest BCUT2D eigenvalue weighted by Crippen LogP contribution is -2.34. The van der Waals surface area contributed by atoms with Crippen molar-refractivity contribution in [1.82, 2.24) is 0 Å². The lowest BCUT2D eigenvalue weighted by Gasteiger charge is -2.18. The third-order valence-electron chi connectivity index (χ3n) is 1.46. The second-order valence-corrected chi connectivity index (χ2v) is 4.02. The van der Waals surface area contributed by atoms with Crippen molar-refractivity contribution in [2.24, 2.45) is 5.84 Å². The van der Waals surface area contributed by atoms with Crippen molar-refractivity contribution in [3.05, 3.63) is 36.3 Å². The van der Waals surface area contributed by atoms with Gasteiger partial charge in [-0.25, -0.2) is 5.84 Å². The molecule has 0 bridgehead atoms. The van der Waals surface area contributed by atoms with E-state index < -0.39 is 5.09 Å². The fourth-order valence-electron chi connectivity index (χ4n) is 0.867. The summed E-state index contributed by atoms with van der Waals surface area (Å²) in [5.74, 6) is 5.22. The van der Waals surface area contributed by atoms with Gasteiger partial charge in [0.25, 0.3) is 0 Å². The molecule has 0 amide bonds. The molecule has 6 nitrogen and oxygen atoms in total. The van der Waals surface area contributed by atoms with Crippen LogP contribution in [0.3, 0.4) is 0 Å². The van der Waals surface area contributed by atoms with Gasteiger partial charge in [0, 0.05) is 0 Å². The zero-order valence-electron chi connectivity index (χ0n) is 7.29. The van der Waals surface area contributed by atoms with Crippen LogP contribution < -0.4 is 11.0 Å². The Morgan fingerprint density at radius 1 is 1.25 bits per heavy atom. The number of halogens is 4. The van der Waals surface area contributed by atoms with Crippen LogP contribution in [0.4, 0.5) is 5.69 Å². The van der Waals surface area contributed by atoms with E-state index in [0.717, 1.165) is 0 Å². The Morgan fingerprint density at radius 2 is 1.69 bits per heavy atom. The van der Waals surface area contributed by atoms with Crippen molar-refractivity contribution in [1.29, 1.82) is 0 Å². The van der Waals surface area contributed by atoms with Crippen LogP contribution in [0.15, 0.2) is 6.07 Å². The summed E-state index contributed by atoms with van der Waals surface area (Å²) in [5.41, 5.74) is -0.197. The number of anilines is 1. The van der Waals surface area contributed by atoms with E-state index in [1.807, 2.05) is 0 Å². The molecule has 16 heavy (non-hydrogen) atoms. The van der Waals surface area contributed by atoms with Crippen LogP contribution in [0.25, 0.3) is 0 Å². The molecule has 1 rings (SSSR count). The zero-order valence-corrected chi connectivity index (χ0v) is 10.3. The number of hydrogen-bond donors (Lipinski definition) is 1. The molecule has 0 aliphatic carbocycles. The van der Waals surface area contributed by atoms with Gasteiger partial charge in [-0.2, -0.15) is 4.94 Å². The Balaban J connectivity index is 3.26. The second kappa shape index (κ2) is 5.11. The Morgan fingerprint density at radius 3 is 2.06 bits per heavy atom. The minimum Gasteiger partial charge on any atom is -0.223 e. The van der Waals surface area contributed by atoms with Crippen LogP contribution in [-0.4, -0.2) is 5.09 Å². The lowest BCUT2D eigenvalue weighted by molar-refractivity contribution is -0.762. The molecule has 88 valence electrons. The average molecular weight is 307 g/mol. The summed E-state index contributed by atoms with van der Waals surface area (Å²) >= 11 is 22.9. The summed E-state index contributed by atoms with van der Waals surface area (Å²) in [6, 6.07) is 1.28. The first-order chi connectivity index (χ1) is 7.34. The maximum absolute atomic E-state index is 10.1. The minimum atomic E-state index is -1.14. The monoisotopic (exact) mass is 305 g/mol. The van der Waals surface area contributed by atoms with Crippen LogP contribution in [0.5, 0.6) is 0 Å². The van der Waals surface area contributed by atoms with Gasteiger partial charge >= 0.3 is 5.09 Å². The summed E-state index contributed by atoms with van der Waals surface area (Å²) in [6.07, 6.45) is 0.